The van der Waals surface area contributed by atoms with E-state index in [1.165, 1.54) is 12.1 Å². The molecular formula is C18H23NO6. The van der Waals surface area contributed by atoms with E-state index in [1.54, 1.807) is 11.8 Å². The summed E-state index contributed by atoms with van der Waals surface area (Å²) in [7, 11) is 0. The monoisotopic (exact) mass is 349 g/mol. The molecule has 1 aromatic rings. The van der Waals surface area contributed by atoms with E-state index >= 15 is 0 Å². The molecule has 0 unspecified atom stereocenters. The van der Waals surface area contributed by atoms with Crippen LogP contribution in [-0.4, -0.2) is 60.5 Å². The van der Waals surface area contributed by atoms with Gasteiger partial charge in [-0.2, -0.15) is 0 Å². The van der Waals surface area contributed by atoms with Crippen molar-refractivity contribution in [2.75, 3.05) is 33.0 Å². The van der Waals surface area contributed by atoms with Gasteiger partial charge in [0.1, 0.15) is 5.76 Å². The van der Waals surface area contributed by atoms with Crippen molar-refractivity contribution in [2.45, 2.75) is 31.4 Å². The quantitative estimate of drug-likeness (QED) is 0.798. The van der Waals surface area contributed by atoms with Gasteiger partial charge in [-0.05, 0) is 13.3 Å². The summed E-state index contributed by atoms with van der Waals surface area (Å²) in [4.78, 5) is 26.6. The largest absolute Gasteiger partial charge is 0.456 e. The van der Waals surface area contributed by atoms with Crippen LogP contribution in [0.25, 0.3) is 0 Å². The zero-order valence-electron chi connectivity index (χ0n) is 14.3. The lowest BCUT2D eigenvalue weighted by molar-refractivity contribution is -0.212. The summed E-state index contributed by atoms with van der Waals surface area (Å²) in [6, 6.07) is 2.48. The molecule has 3 aliphatic rings. The molecule has 0 aliphatic carbocycles. The lowest BCUT2D eigenvalue weighted by Gasteiger charge is -2.56. The fourth-order valence-corrected chi connectivity index (χ4v) is 4.54. The molecule has 0 saturated carbocycles. The van der Waals surface area contributed by atoms with Gasteiger partial charge in [-0.15, -0.1) is 0 Å². The maximum Gasteiger partial charge on any atom is 0.289 e. The number of nitrogens with zero attached hydrogens (tertiary/aromatic N) is 1. The average molecular weight is 349 g/mol. The number of piperidine rings is 1. The van der Waals surface area contributed by atoms with Crippen LogP contribution in [0.4, 0.5) is 0 Å². The Labute approximate surface area is 145 Å². The number of likely N-dealkylation sites (tertiary alicyclic amines) is 1. The number of ether oxygens (including phenoxy) is 2. The Bertz CT molecular complexity index is 731. The Kier molecular flexibility index (Phi) is 4.17. The van der Waals surface area contributed by atoms with Gasteiger partial charge in [0.25, 0.3) is 5.91 Å². The molecule has 3 aliphatic heterocycles. The summed E-state index contributed by atoms with van der Waals surface area (Å²) < 4.78 is 16.7. The first kappa shape index (κ1) is 16.8. The first-order valence-electron chi connectivity index (χ1n) is 8.79. The Morgan fingerprint density at radius 2 is 2.08 bits per heavy atom. The number of carbonyl (C=O) groups excluding carboxylic acids is 1. The lowest BCUT2D eigenvalue weighted by atomic mass is 9.66. The van der Waals surface area contributed by atoms with Crippen molar-refractivity contribution in [3.8, 4) is 0 Å². The van der Waals surface area contributed by atoms with Gasteiger partial charge in [0.15, 0.2) is 11.2 Å². The summed E-state index contributed by atoms with van der Waals surface area (Å²) >= 11 is 0. The van der Waals surface area contributed by atoms with E-state index in [4.69, 9.17) is 13.9 Å². The zero-order valence-corrected chi connectivity index (χ0v) is 14.3. The van der Waals surface area contributed by atoms with Crippen LogP contribution in [0.5, 0.6) is 0 Å². The number of aliphatic hydroxyl groups is 1. The summed E-state index contributed by atoms with van der Waals surface area (Å²) in [5.74, 6) is -0.148. The minimum Gasteiger partial charge on any atom is -0.456 e. The number of fused-ring (bicyclic) bond motifs is 3. The Balaban J connectivity index is 1.69. The molecule has 25 heavy (non-hydrogen) atoms. The van der Waals surface area contributed by atoms with Crippen molar-refractivity contribution in [1.82, 2.24) is 4.90 Å². The zero-order chi connectivity index (χ0) is 17.6. The minimum atomic E-state index is -0.868. The van der Waals surface area contributed by atoms with Gasteiger partial charge in [0, 0.05) is 56.2 Å². The fraction of sp³-hybridized carbons (Fsp3) is 0.667. The third-order valence-electron chi connectivity index (χ3n) is 5.81. The van der Waals surface area contributed by atoms with Gasteiger partial charge in [-0.3, -0.25) is 9.59 Å². The first-order valence-corrected chi connectivity index (χ1v) is 8.79. The van der Waals surface area contributed by atoms with Gasteiger partial charge < -0.3 is 23.9 Å². The van der Waals surface area contributed by atoms with Crippen LogP contribution in [0.3, 0.4) is 0 Å². The van der Waals surface area contributed by atoms with E-state index in [2.05, 4.69) is 0 Å². The number of amides is 1. The number of hydrogen-bond donors (Lipinski definition) is 1. The molecule has 4 rings (SSSR count). The van der Waals surface area contributed by atoms with Crippen molar-refractivity contribution in [3.63, 3.8) is 0 Å². The molecule has 7 nitrogen and oxygen atoms in total. The van der Waals surface area contributed by atoms with E-state index in [0.717, 1.165) is 0 Å². The van der Waals surface area contributed by atoms with E-state index in [0.29, 0.717) is 51.6 Å². The minimum absolute atomic E-state index is 0.0532. The van der Waals surface area contributed by atoms with Crippen molar-refractivity contribution in [1.29, 1.82) is 0 Å². The maximum absolute atomic E-state index is 13.1. The molecule has 1 aromatic heterocycles. The molecule has 3 saturated heterocycles. The third kappa shape index (κ3) is 2.80. The highest BCUT2D eigenvalue weighted by Crippen LogP contribution is 2.44. The maximum atomic E-state index is 13.1. The van der Waals surface area contributed by atoms with Crippen LogP contribution in [0, 0.1) is 18.8 Å². The summed E-state index contributed by atoms with van der Waals surface area (Å²) in [5, 5.41) is 11.3. The van der Waals surface area contributed by atoms with Gasteiger partial charge in [-0.1, -0.05) is 0 Å². The molecule has 7 heteroatoms. The molecule has 1 N–H and O–H groups in total. The highest BCUT2D eigenvalue weighted by atomic mass is 16.5. The van der Waals surface area contributed by atoms with E-state index in [1.807, 2.05) is 0 Å². The van der Waals surface area contributed by atoms with Crippen molar-refractivity contribution < 1.29 is 23.8 Å². The molecule has 0 spiro atoms. The summed E-state index contributed by atoms with van der Waals surface area (Å²) in [5.41, 5.74) is -1.11. The van der Waals surface area contributed by atoms with E-state index in [9.17, 15) is 14.7 Å². The molecule has 3 fully saturated rings. The van der Waals surface area contributed by atoms with Crippen LogP contribution in [0.1, 0.15) is 29.2 Å². The van der Waals surface area contributed by atoms with Gasteiger partial charge in [0.2, 0.25) is 0 Å². The predicted octanol–water partition coefficient (Wildman–Crippen LogP) is 0.577. The van der Waals surface area contributed by atoms with Crippen LogP contribution in [-0.2, 0) is 9.47 Å². The number of aryl methyl sites for hydroxylation is 1. The van der Waals surface area contributed by atoms with Crippen molar-refractivity contribution in [3.05, 3.63) is 33.9 Å². The molecule has 4 heterocycles. The molecular weight excluding hydrogens is 326 g/mol. The normalized spacial score (nSPS) is 35.0. The average Bonchev–Trinajstić information content (AvgIpc) is 2.60. The highest BCUT2D eigenvalue weighted by Gasteiger charge is 2.56. The fourth-order valence-electron chi connectivity index (χ4n) is 4.54. The topological polar surface area (TPSA) is 89.2 Å². The summed E-state index contributed by atoms with van der Waals surface area (Å²) in [6.45, 7) is 3.98. The second-order valence-electron chi connectivity index (χ2n) is 7.28. The van der Waals surface area contributed by atoms with Crippen molar-refractivity contribution >= 4 is 5.91 Å². The van der Waals surface area contributed by atoms with Gasteiger partial charge >= 0.3 is 0 Å². The van der Waals surface area contributed by atoms with Crippen LogP contribution in [0.2, 0.25) is 0 Å². The number of carbonyl (C=O) groups is 1. The van der Waals surface area contributed by atoms with E-state index in [-0.39, 0.29) is 35.0 Å². The number of hydrogen-bond acceptors (Lipinski definition) is 6. The Morgan fingerprint density at radius 3 is 2.88 bits per heavy atom. The number of rotatable bonds is 1. The highest BCUT2D eigenvalue weighted by molar-refractivity contribution is 5.91. The molecule has 0 radical (unpaired) electrons. The summed E-state index contributed by atoms with van der Waals surface area (Å²) in [6.07, 6.45) is 1.23. The molecule has 0 bridgehead atoms. The van der Waals surface area contributed by atoms with Gasteiger partial charge in [0.05, 0.1) is 18.8 Å². The second-order valence-corrected chi connectivity index (χ2v) is 7.28. The SMILES string of the molecule is Cc1cc(=O)cc(C(=O)N2C[C@H]3COCC[C@@]3(O)[C@@H]3COCC[C@@H]32)o1. The Morgan fingerprint density at radius 1 is 1.28 bits per heavy atom. The van der Waals surface area contributed by atoms with Crippen LogP contribution in [0.15, 0.2) is 21.3 Å². The molecule has 4 atom stereocenters. The van der Waals surface area contributed by atoms with Crippen LogP contribution < -0.4 is 5.43 Å². The third-order valence-corrected chi connectivity index (χ3v) is 5.81. The molecule has 0 aromatic carbocycles. The smallest absolute Gasteiger partial charge is 0.289 e. The van der Waals surface area contributed by atoms with Crippen molar-refractivity contribution in [2.24, 2.45) is 11.8 Å². The Hall–Kier alpha value is -1.70. The van der Waals surface area contributed by atoms with Gasteiger partial charge in [-0.25, -0.2) is 0 Å². The second kappa shape index (κ2) is 6.23. The first-order chi connectivity index (χ1) is 12.0. The lowest BCUT2D eigenvalue weighted by Crippen LogP contribution is -2.68. The van der Waals surface area contributed by atoms with Crippen LogP contribution >= 0.6 is 0 Å². The molecule has 1 amide bonds. The predicted molar refractivity (Wildman–Crippen MR) is 87.3 cm³/mol. The van der Waals surface area contributed by atoms with E-state index < -0.39 is 5.60 Å². The standard InChI is InChI=1S/C18H23NO6/c1-11-6-13(20)7-16(25-11)17(21)19-8-12-9-24-5-3-18(12,22)14-10-23-4-2-15(14)19/h6-7,12,14-15,22H,2-5,8-10H2,1H3/t12-,14+,15-,18-/m0/s1. The molecule has 136 valence electrons.